The number of thiophene rings is 1. The molecule has 1 fully saturated rings. The number of hydrogen-bond donors (Lipinski definition) is 1. The Balaban J connectivity index is 1.90. The normalized spacial score (nSPS) is 25.3. The smallest absolute Gasteiger partial charge is 0.123 e. The Morgan fingerprint density at radius 1 is 1.23 bits per heavy atom. The van der Waals surface area contributed by atoms with Crippen LogP contribution in [-0.2, 0) is 0 Å². The highest BCUT2D eigenvalue weighted by Gasteiger charge is 2.39. The van der Waals surface area contributed by atoms with Crippen molar-refractivity contribution in [3.63, 3.8) is 0 Å². The van der Waals surface area contributed by atoms with Gasteiger partial charge in [-0.15, -0.1) is 11.3 Å². The van der Waals surface area contributed by atoms with Gasteiger partial charge >= 0.3 is 0 Å². The maximum atomic E-state index is 13.5. The molecule has 1 heterocycles. The van der Waals surface area contributed by atoms with Crippen LogP contribution < -0.4 is 5.73 Å². The van der Waals surface area contributed by atoms with Gasteiger partial charge in [-0.3, -0.25) is 0 Å². The predicted molar refractivity (Wildman–Crippen MR) is 92.4 cm³/mol. The summed E-state index contributed by atoms with van der Waals surface area (Å²) >= 11 is 1.79. The molecule has 3 heteroatoms. The molecule has 2 bridgehead atoms. The highest BCUT2D eigenvalue weighted by molar-refractivity contribution is 7.20. The summed E-state index contributed by atoms with van der Waals surface area (Å²) < 4.78 is 14.6. The highest BCUT2D eigenvalue weighted by Crippen LogP contribution is 2.52. The van der Waals surface area contributed by atoms with Gasteiger partial charge in [0.15, 0.2) is 0 Å². The van der Waals surface area contributed by atoms with Gasteiger partial charge in [-0.1, -0.05) is 0 Å². The zero-order chi connectivity index (χ0) is 15.5. The SMILES string of the molecule is CC(C)(N)C1=C(c2cc3cc(F)ccc3s2)C2CCC(C1)C2. The molecule has 0 spiro atoms. The van der Waals surface area contributed by atoms with Crippen LogP contribution in [0.4, 0.5) is 4.39 Å². The first-order valence-corrected chi connectivity index (χ1v) is 8.95. The topological polar surface area (TPSA) is 26.0 Å². The molecule has 1 nitrogen and oxygen atoms in total. The summed E-state index contributed by atoms with van der Waals surface area (Å²) in [5, 5.41) is 1.02. The first kappa shape index (κ1) is 14.4. The van der Waals surface area contributed by atoms with E-state index in [0.717, 1.165) is 22.4 Å². The molecule has 2 aliphatic carbocycles. The Hall–Kier alpha value is -1.19. The molecule has 2 aromatic rings. The van der Waals surface area contributed by atoms with E-state index in [1.807, 2.05) is 6.07 Å². The first-order valence-electron chi connectivity index (χ1n) is 8.13. The second-order valence-corrected chi connectivity index (χ2v) is 8.57. The Labute approximate surface area is 135 Å². The van der Waals surface area contributed by atoms with Crippen LogP contribution in [0, 0.1) is 17.7 Å². The van der Waals surface area contributed by atoms with Crippen molar-refractivity contribution in [2.75, 3.05) is 0 Å². The van der Waals surface area contributed by atoms with Crippen molar-refractivity contribution in [3.05, 3.63) is 40.5 Å². The maximum absolute atomic E-state index is 13.5. The minimum atomic E-state index is -0.266. The van der Waals surface area contributed by atoms with Crippen LogP contribution in [0.5, 0.6) is 0 Å². The lowest BCUT2D eigenvalue weighted by Gasteiger charge is -2.34. The van der Waals surface area contributed by atoms with Crippen molar-refractivity contribution in [3.8, 4) is 0 Å². The van der Waals surface area contributed by atoms with Crippen molar-refractivity contribution >= 4 is 27.0 Å². The second kappa shape index (κ2) is 4.90. The fraction of sp³-hybridized carbons (Fsp3) is 0.474. The number of fused-ring (bicyclic) bond motifs is 3. The third-order valence-electron chi connectivity index (χ3n) is 5.29. The molecule has 0 aliphatic heterocycles. The summed E-state index contributed by atoms with van der Waals surface area (Å²) in [6, 6.07) is 7.26. The molecule has 2 unspecified atom stereocenters. The summed E-state index contributed by atoms with van der Waals surface area (Å²) in [6.07, 6.45) is 5.05. The Bertz CT molecular complexity index is 765. The van der Waals surface area contributed by atoms with E-state index >= 15 is 0 Å². The average molecular weight is 315 g/mol. The minimum Gasteiger partial charge on any atom is -0.322 e. The molecule has 116 valence electrons. The average Bonchev–Trinajstić information content (AvgIpc) is 3.01. The van der Waals surface area contributed by atoms with E-state index in [4.69, 9.17) is 5.73 Å². The molecular formula is C19H22FNS. The van der Waals surface area contributed by atoms with Crippen LogP contribution in [0.2, 0.25) is 0 Å². The molecule has 0 amide bonds. The van der Waals surface area contributed by atoms with E-state index in [-0.39, 0.29) is 11.4 Å². The largest absolute Gasteiger partial charge is 0.322 e. The zero-order valence-corrected chi connectivity index (χ0v) is 14.0. The highest BCUT2D eigenvalue weighted by atomic mass is 32.1. The van der Waals surface area contributed by atoms with Gasteiger partial charge in [0.2, 0.25) is 0 Å². The predicted octanol–water partition coefficient (Wildman–Crippen LogP) is 5.35. The van der Waals surface area contributed by atoms with E-state index in [9.17, 15) is 4.39 Å². The molecule has 1 aromatic carbocycles. The lowest BCUT2D eigenvalue weighted by atomic mass is 9.75. The van der Waals surface area contributed by atoms with Crippen molar-refractivity contribution in [1.82, 2.24) is 0 Å². The fourth-order valence-corrected chi connectivity index (χ4v) is 5.47. The van der Waals surface area contributed by atoms with Gasteiger partial charge in [-0.05, 0) is 92.2 Å². The van der Waals surface area contributed by atoms with Gasteiger partial charge in [0.1, 0.15) is 5.82 Å². The summed E-state index contributed by atoms with van der Waals surface area (Å²) in [7, 11) is 0. The van der Waals surface area contributed by atoms with E-state index < -0.39 is 0 Å². The second-order valence-electron chi connectivity index (χ2n) is 7.49. The summed E-state index contributed by atoms with van der Waals surface area (Å²) in [4.78, 5) is 1.31. The van der Waals surface area contributed by atoms with Gasteiger partial charge in [-0.2, -0.15) is 0 Å². The molecule has 22 heavy (non-hydrogen) atoms. The number of benzene rings is 1. The van der Waals surface area contributed by atoms with Crippen molar-refractivity contribution < 1.29 is 4.39 Å². The number of hydrogen-bond acceptors (Lipinski definition) is 2. The third kappa shape index (κ3) is 2.31. The van der Waals surface area contributed by atoms with Crippen LogP contribution in [0.3, 0.4) is 0 Å². The standard InChI is InChI=1S/C19H22FNS/c1-19(2,21)15-8-11-3-4-12(7-11)18(15)17-10-13-9-14(20)5-6-16(13)22-17/h5-6,9-12H,3-4,7-8,21H2,1-2H3. The monoisotopic (exact) mass is 315 g/mol. The lowest BCUT2D eigenvalue weighted by Crippen LogP contribution is -2.37. The van der Waals surface area contributed by atoms with Gasteiger partial charge in [-0.25, -0.2) is 4.39 Å². The molecule has 0 saturated heterocycles. The Kier molecular flexibility index (Phi) is 3.21. The fourth-order valence-electron chi connectivity index (χ4n) is 4.27. The van der Waals surface area contributed by atoms with Crippen LogP contribution in [0.25, 0.3) is 15.7 Å². The Morgan fingerprint density at radius 2 is 2.05 bits per heavy atom. The van der Waals surface area contributed by atoms with Crippen molar-refractivity contribution in [1.29, 1.82) is 0 Å². The molecule has 1 saturated carbocycles. The van der Waals surface area contributed by atoms with Crippen LogP contribution in [0.15, 0.2) is 29.8 Å². The van der Waals surface area contributed by atoms with E-state index in [2.05, 4.69) is 19.9 Å². The van der Waals surface area contributed by atoms with Crippen LogP contribution >= 0.6 is 11.3 Å². The number of nitrogens with two attached hydrogens (primary N) is 1. The Morgan fingerprint density at radius 3 is 2.82 bits per heavy atom. The van der Waals surface area contributed by atoms with Crippen molar-refractivity contribution in [2.24, 2.45) is 17.6 Å². The van der Waals surface area contributed by atoms with Gasteiger partial charge in [0.05, 0.1) is 0 Å². The number of halogens is 1. The van der Waals surface area contributed by atoms with Gasteiger partial charge < -0.3 is 5.73 Å². The molecule has 0 radical (unpaired) electrons. The lowest BCUT2D eigenvalue weighted by molar-refractivity contribution is 0.457. The summed E-state index contributed by atoms with van der Waals surface area (Å²) in [6.45, 7) is 4.25. The third-order valence-corrected chi connectivity index (χ3v) is 6.44. The molecule has 2 atom stereocenters. The number of rotatable bonds is 2. The molecular weight excluding hydrogens is 293 g/mol. The molecule has 4 rings (SSSR count). The molecule has 2 N–H and O–H groups in total. The minimum absolute atomic E-state index is 0.158. The van der Waals surface area contributed by atoms with Crippen molar-refractivity contribution in [2.45, 2.75) is 45.1 Å². The summed E-state index contributed by atoms with van der Waals surface area (Å²) in [5.74, 6) is 1.31. The van der Waals surface area contributed by atoms with E-state index in [1.165, 1.54) is 35.3 Å². The van der Waals surface area contributed by atoms with Gasteiger partial charge in [0, 0.05) is 15.1 Å². The van der Waals surface area contributed by atoms with Crippen LogP contribution in [0.1, 0.15) is 44.4 Å². The quantitative estimate of drug-likeness (QED) is 0.794. The molecule has 2 aliphatic rings. The van der Waals surface area contributed by atoms with Crippen LogP contribution in [-0.4, -0.2) is 5.54 Å². The maximum Gasteiger partial charge on any atom is 0.123 e. The summed E-state index contributed by atoms with van der Waals surface area (Å²) in [5.41, 5.74) is 9.13. The van der Waals surface area contributed by atoms with Gasteiger partial charge in [0.25, 0.3) is 0 Å². The van der Waals surface area contributed by atoms with E-state index in [1.54, 1.807) is 23.5 Å². The number of allylic oxidation sites excluding steroid dienone is 1. The molecule has 1 aromatic heterocycles. The van der Waals surface area contributed by atoms with E-state index in [0.29, 0.717) is 5.92 Å². The first-order chi connectivity index (χ1) is 10.4. The zero-order valence-electron chi connectivity index (χ0n) is 13.2.